The summed E-state index contributed by atoms with van der Waals surface area (Å²) in [5.41, 5.74) is 4.96. The average molecular weight is 354 g/mol. The highest BCUT2D eigenvalue weighted by atomic mass is 79.9. The van der Waals surface area contributed by atoms with Crippen LogP contribution in [0.2, 0.25) is 5.02 Å². The van der Waals surface area contributed by atoms with E-state index in [4.69, 9.17) is 11.6 Å². The van der Waals surface area contributed by atoms with Crippen LogP contribution in [0.4, 0.5) is 4.39 Å². The van der Waals surface area contributed by atoms with Crippen molar-refractivity contribution in [3.8, 4) is 0 Å². The number of fused-ring (bicyclic) bond motifs is 1. The highest BCUT2D eigenvalue weighted by Gasteiger charge is 2.15. The quantitative estimate of drug-likeness (QED) is 0.595. The fraction of sp³-hybridized carbons (Fsp3) is 0.294. The highest BCUT2D eigenvalue weighted by Crippen LogP contribution is 2.34. The van der Waals surface area contributed by atoms with Crippen LogP contribution in [0.15, 0.2) is 36.4 Å². The molecule has 0 saturated carbocycles. The van der Waals surface area contributed by atoms with E-state index in [2.05, 4.69) is 34.1 Å². The topological polar surface area (TPSA) is 0 Å². The second-order valence-corrected chi connectivity index (χ2v) is 6.59. The third-order valence-corrected chi connectivity index (χ3v) is 5.27. The van der Waals surface area contributed by atoms with Crippen molar-refractivity contribution in [1.29, 1.82) is 0 Å². The molecule has 0 saturated heterocycles. The molecule has 20 heavy (non-hydrogen) atoms. The molecule has 0 nitrogen and oxygen atoms in total. The summed E-state index contributed by atoms with van der Waals surface area (Å²) < 4.78 is 13.6. The maximum atomic E-state index is 13.6. The van der Waals surface area contributed by atoms with E-state index in [-0.39, 0.29) is 15.7 Å². The van der Waals surface area contributed by atoms with Crippen molar-refractivity contribution in [2.75, 3.05) is 0 Å². The van der Waals surface area contributed by atoms with Crippen LogP contribution >= 0.6 is 27.5 Å². The van der Waals surface area contributed by atoms with E-state index in [1.807, 2.05) is 6.07 Å². The summed E-state index contributed by atoms with van der Waals surface area (Å²) in [7, 11) is 0. The number of hydrogen-bond acceptors (Lipinski definition) is 0. The lowest BCUT2D eigenvalue weighted by Gasteiger charge is -2.19. The van der Waals surface area contributed by atoms with Gasteiger partial charge in [0.2, 0.25) is 0 Å². The van der Waals surface area contributed by atoms with Crippen LogP contribution in [-0.2, 0) is 12.8 Å². The molecule has 0 fully saturated rings. The van der Waals surface area contributed by atoms with Crippen LogP contribution in [0.5, 0.6) is 0 Å². The van der Waals surface area contributed by atoms with Crippen molar-refractivity contribution in [2.45, 2.75) is 30.5 Å². The summed E-state index contributed by atoms with van der Waals surface area (Å²) in [4.78, 5) is 0.00138. The molecule has 0 heterocycles. The third kappa shape index (κ3) is 2.77. The lowest BCUT2D eigenvalue weighted by molar-refractivity contribution is 0.626. The summed E-state index contributed by atoms with van der Waals surface area (Å²) in [5.74, 6) is -0.369. The third-order valence-electron chi connectivity index (χ3n) is 3.90. The molecule has 0 aliphatic heterocycles. The van der Waals surface area contributed by atoms with Gasteiger partial charge in [-0.05, 0) is 60.1 Å². The van der Waals surface area contributed by atoms with Gasteiger partial charge in [0.1, 0.15) is 5.82 Å². The Labute approximate surface area is 132 Å². The molecule has 2 aromatic carbocycles. The molecule has 1 unspecified atom stereocenters. The SMILES string of the molecule is Fc1cc(C(Br)c2ccc3c(c2)CCCC3)ccc1Cl. The molecule has 1 atom stereocenters. The molecule has 1 aliphatic rings. The molecule has 0 radical (unpaired) electrons. The van der Waals surface area contributed by atoms with E-state index in [1.54, 1.807) is 6.07 Å². The zero-order chi connectivity index (χ0) is 14.1. The number of aryl methyl sites for hydroxylation is 2. The van der Waals surface area contributed by atoms with Gasteiger partial charge in [-0.3, -0.25) is 0 Å². The molecule has 3 heteroatoms. The van der Waals surface area contributed by atoms with Gasteiger partial charge >= 0.3 is 0 Å². The van der Waals surface area contributed by atoms with E-state index >= 15 is 0 Å². The number of halogens is 3. The summed E-state index contributed by atoms with van der Waals surface area (Å²) in [5, 5.41) is 0.166. The van der Waals surface area contributed by atoms with Gasteiger partial charge < -0.3 is 0 Å². The van der Waals surface area contributed by atoms with Gasteiger partial charge in [-0.15, -0.1) is 0 Å². The van der Waals surface area contributed by atoms with Crippen LogP contribution in [-0.4, -0.2) is 0 Å². The zero-order valence-electron chi connectivity index (χ0n) is 11.0. The summed E-state index contributed by atoms with van der Waals surface area (Å²) in [6.07, 6.45) is 4.88. The van der Waals surface area contributed by atoms with Gasteiger partial charge in [-0.2, -0.15) is 0 Å². The Hall–Kier alpha value is -0.860. The minimum atomic E-state index is -0.369. The van der Waals surface area contributed by atoms with Gasteiger partial charge in [0.15, 0.2) is 0 Å². The monoisotopic (exact) mass is 352 g/mol. The van der Waals surface area contributed by atoms with Crippen LogP contribution in [0.1, 0.15) is 39.9 Å². The van der Waals surface area contributed by atoms with E-state index in [0.717, 1.165) is 12.0 Å². The number of alkyl halides is 1. The van der Waals surface area contributed by atoms with Crippen molar-refractivity contribution in [3.05, 3.63) is 69.5 Å². The standard InChI is InChI=1S/C17H15BrClF/c18-17(14-7-8-15(19)16(20)10-14)13-6-5-11-3-1-2-4-12(11)9-13/h5-10,17H,1-4H2. The van der Waals surface area contributed by atoms with E-state index in [1.165, 1.54) is 42.0 Å². The zero-order valence-corrected chi connectivity index (χ0v) is 13.3. The minimum absolute atomic E-state index is 0.00138. The smallest absolute Gasteiger partial charge is 0.142 e. The first-order valence-electron chi connectivity index (χ1n) is 6.86. The molecule has 3 rings (SSSR count). The number of hydrogen-bond donors (Lipinski definition) is 0. The first-order valence-corrected chi connectivity index (χ1v) is 8.15. The first kappa shape index (κ1) is 14.1. The summed E-state index contributed by atoms with van der Waals surface area (Å²) in [6, 6.07) is 11.6. The molecule has 0 spiro atoms. The van der Waals surface area contributed by atoms with E-state index in [0.29, 0.717) is 0 Å². The molecule has 0 aromatic heterocycles. The lowest BCUT2D eigenvalue weighted by Crippen LogP contribution is -2.04. The Morgan fingerprint density at radius 1 is 0.950 bits per heavy atom. The Morgan fingerprint density at radius 3 is 2.35 bits per heavy atom. The predicted molar refractivity (Wildman–Crippen MR) is 85.3 cm³/mol. The van der Waals surface area contributed by atoms with E-state index < -0.39 is 0 Å². The van der Waals surface area contributed by atoms with E-state index in [9.17, 15) is 4.39 Å². The van der Waals surface area contributed by atoms with Crippen molar-refractivity contribution < 1.29 is 4.39 Å². The fourth-order valence-electron chi connectivity index (χ4n) is 2.77. The van der Waals surface area contributed by atoms with Gasteiger partial charge in [0.05, 0.1) is 9.85 Å². The van der Waals surface area contributed by atoms with Crippen molar-refractivity contribution in [1.82, 2.24) is 0 Å². The van der Waals surface area contributed by atoms with Gasteiger partial charge in [-0.1, -0.05) is 51.8 Å². The van der Waals surface area contributed by atoms with Gasteiger partial charge in [0, 0.05) is 0 Å². The maximum absolute atomic E-state index is 13.6. The van der Waals surface area contributed by atoms with Crippen LogP contribution < -0.4 is 0 Å². The first-order chi connectivity index (χ1) is 9.65. The van der Waals surface area contributed by atoms with Crippen molar-refractivity contribution in [2.24, 2.45) is 0 Å². The van der Waals surface area contributed by atoms with Crippen LogP contribution in [0.3, 0.4) is 0 Å². The molecule has 0 N–H and O–H groups in total. The van der Waals surface area contributed by atoms with Crippen LogP contribution in [0.25, 0.3) is 0 Å². The molecule has 1 aliphatic carbocycles. The summed E-state index contributed by atoms with van der Waals surface area (Å²) in [6.45, 7) is 0. The second kappa shape index (κ2) is 5.87. The fourth-order valence-corrected chi connectivity index (χ4v) is 3.46. The summed E-state index contributed by atoms with van der Waals surface area (Å²) >= 11 is 9.41. The number of benzene rings is 2. The maximum Gasteiger partial charge on any atom is 0.142 e. The predicted octanol–water partition coefficient (Wildman–Crippen LogP) is 5.84. The highest BCUT2D eigenvalue weighted by molar-refractivity contribution is 9.09. The van der Waals surface area contributed by atoms with Crippen molar-refractivity contribution >= 4 is 27.5 Å². The van der Waals surface area contributed by atoms with Crippen molar-refractivity contribution in [3.63, 3.8) is 0 Å². The molecular formula is C17H15BrClF. The van der Waals surface area contributed by atoms with Gasteiger partial charge in [-0.25, -0.2) is 4.39 Å². The second-order valence-electron chi connectivity index (χ2n) is 5.27. The Morgan fingerprint density at radius 2 is 1.60 bits per heavy atom. The molecule has 0 amide bonds. The normalized spacial score (nSPS) is 15.8. The molecular weight excluding hydrogens is 339 g/mol. The molecule has 104 valence electrons. The molecule has 0 bridgehead atoms. The largest absolute Gasteiger partial charge is 0.205 e. The Kier molecular flexibility index (Phi) is 4.13. The van der Waals surface area contributed by atoms with Crippen LogP contribution in [0, 0.1) is 5.82 Å². The lowest BCUT2D eigenvalue weighted by atomic mass is 9.89. The number of rotatable bonds is 2. The Bertz CT molecular complexity index is 639. The molecule has 2 aromatic rings. The average Bonchev–Trinajstić information content (AvgIpc) is 2.49. The van der Waals surface area contributed by atoms with Gasteiger partial charge in [0.25, 0.3) is 0 Å². The minimum Gasteiger partial charge on any atom is -0.205 e. The Balaban J connectivity index is 1.93.